The van der Waals surface area contributed by atoms with Crippen molar-refractivity contribution in [3.05, 3.63) is 76.5 Å². The number of nitrogens with zero attached hydrogens (tertiary/aromatic N) is 5. The number of aromatic nitrogens is 3. The molecule has 200 valence electrons. The van der Waals surface area contributed by atoms with Gasteiger partial charge in [-0.05, 0) is 42.8 Å². The van der Waals surface area contributed by atoms with E-state index in [9.17, 15) is 31.1 Å². The average Bonchev–Trinajstić information content (AvgIpc) is 3.23. The zero-order valence-electron chi connectivity index (χ0n) is 19.7. The lowest BCUT2D eigenvalue weighted by molar-refractivity contribution is -0.148. The first-order valence-corrected chi connectivity index (χ1v) is 10.9. The third-order valence-electron chi connectivity index (χ3n) is 5.61. The number of hydrazone groups is 1. The maximum absolute atomic E-state index is 14.7. The topological polar surface area (TPSA) is 90.7 Å². The van der Waals surface area contributed by atoms with Crippen molar-refractivity contribution >= 4 is 6.34 Å². The molecule has 2 atom stereocenters. The Morgan fingerprint density at radius 1 is 1.19 bits per heavy atom. The lowest BCUT2D eigenvalue weighted by Crippen LogP contribution is -2.34. The van der Waals surface area contributed by atoms with Gasteiger partial charge in [-0.2, -0.15) is 19.0 Å². The summed E-state index contributed by atoms with van der Waals surface area (Å²) in [6, 6.07) is 7.58. The van der Waals surface area contributed by atoms with E-state index in [1.165, 1.54) is 41.7 Å². The molecule has 0 amide bonds. The molecule has 0 saturated heterocycles. The highest BCUT2D eigenvalue weighted by atomic mass is 19.3. The highest BCUT2D eigenvalue weighted by Gasteiger charge is 2.41. The second-order valence-corrected chi connectivity index (χ2v) is 8.19. The number of benzene rings is 2. The van der Waals surface area contributed by atoms with Crippen LogP contribution >= 0.6 is 0 Å². The fourth-order valence-corrected chi connectivity index (χ4v) is 3.65. The monoisotopic (exact) mass is 530 g/mol. The van der Waals surface area contributed by atoms with Crippen LogP contribution in [-0.2, 0) is 0 Å². The maximum Gasteiger partial charge on any atom is 0.350 e. The number of rotatable bonds is 11. The molecule has 8 nitrogen and oxygen atoms in total. The number of halogens is 6. The van der Waals surface area contributed by atoms with Crippen LogP contribution in [0.1, 0.15) is 24.4 Å². The van der Waals surface area contributed by atoms with Gasteiger partial charge in [0.05, 0.1) is 11.7 Å². The molecule has 14 heteroatoms. The summed E-state index contributed by atoms with van der Waals surface area (Å²) in [5.74, 6) is -6.68. The van der Waals surface area contributed by atoms with Gasteiger partial charge in [-0.3, -0.25) is 5.01 Å². The summed E-state index contributed by atoms with van der Waals surface area (Å²) in [7, 11) is 1.59. The molecule has 3 aromatic rings. The van der Waals surface area contributed by atoms with Crippen LogP contribution in [0.2, 0.25) is 0 Å². The number of hydrogen-bond acceptors (Lipinski definition) is 5. The van der Waals surface area contributed by atoms with Gasteiger partial charge in [0.15, 0.2) is 6.61 Å². The first-order chi connectivity index (χ1) is 17.4. The van der Waals surface area contributed by atoms with Gasteiger partial charge in [0.1, 0.15) is 30.0 Å². The molecule has 3 rings (SSSR count). The largest absolute Gasteiger partial charge is 0.487 e. The second kappa shape index (κ2) is 11.4. The van der Waals surface area contributed by atoms with E-state index >= 15 is 0 Å². The molecule has 0 aliphatic carbocycles. The molecule has 0 radical (unpaired) electrons. The molecule has 0 bridgehead atoms. The Labute approximate surface area is 207 Å². The van der Waals surface area contributed by atoms with Crippen LogP contribution in [0.3, 0.4) is 0 Å². The van der Waals surface area contributed by atoms with E-state index in [-0.39, 0.29) is 23.5 Å². The summed E-state index contributed by atoms with van der Waals surface area (Å²) in [5, 5.41) is 9.47. The minimum atomic E-state index is -4.31. The lowest BCUT2D eigenvalue weighted by atomic mass is 9.91. The molecule has 37 heavy (non-hydrogen) atoms. The fraction of sp³-hybridized carbons (Fsp3) is 0.348. The van der Waals surface area contributed by atoms with E-state index in [2.05, 4.69) is 10.2 Å². The molecule has 2 unspecified atom stereocenters. The van der Waals surface area contributed by atoms with Crippen molar-refractivity contribution < 1.29 is 31.1 Å². The second-order valence-electron chi connectivity index (χ2n) is 8.19. The summed E-state index contributed by atoms with van der Waals surface area (Å²) in [4.78, 5) is 13.1. The Morgan fingerprint density at radius 3 is 2.46 bits per heavy atom. The predicted molar refractivity (Wildman–Crippen MR) is 123 cm³/mol. The van der Waals surface area contributed by atoms with E-state index in [1.54, 1.807) is 14.0 Å². The lowest BCUT2D eigenvalue weighted by Gasteiger charge is -2.27. The first-order valence-electron chi connectivity index (χ1n) is 10.9. The Kier molecular flexibility index (Phi) is 8.50. The standard InChI is InChI=1S/C23H24F6N6O2/c1-14(19(10-33(2)31-12-30)18-8-3-15(24)9-20(18)25)35-22(36)34(13-32-35)16-4-6-17(7-5-16)37-11-23(28,29)21(26)27/h3-9,12-14,19,21H,10-11H2,1-2H3,(H2,30,31). The van der Waals surface area contributed by atoms with Crippen molar-refractivity contribution in [1.82, 2.24) is 19.4 Å². The smallest absolute Gasteiger partial charge is 0.350 e. The molecule has 0 fully saturated rings. The number of likely N-dealkylation sites (N-methyl/N-ethyl adjacent to an activating group) is 1. The summed E-state index contributed by atoms with van der Waals surface area (Å²) in [6.45, 7) is 0.224. The Balaban J connectivity index is 1.87. The third-order valence-corrected chi connectivity index (χ3v) is 5.61. The molecular formula is C23H24F6N6O2. The highest BCUT2D eigenvalue weighted by molar-refractivity contribution is 5.50. The van der Waals surface area contributed by atoms with Crippen LogP contribution < -0.4 is 16.2 Å². The quantitative estimate of drug-likeness (QED) is 0.177. The summed E-state index contributed by atoms with van der Waals surface area (Å²) in [5.41, 5.74) is 5.14. The maximum atomic E-state index is 14.7. The molecule has 0 spiro atoms. The Morgan fingerprint density at radius 2 is 1.86 bits per heavy atom. The van der Waals surface area contributed by atoms with E-state index in [0.29, 0.717) is 0 Å². The zero-order chi connectivity index (χ0) is 27.3. The number of alkyl halides is 4. The number of nitrogens with two attached hydrogens (primary N) is 1. The summed E-state index contributed by atoms with van der Waals surface area (Å²) in [6.07, 6.45) is -1.61. The van der Waals surface area contributed by atoms with Crippen molar-refractivity contribution in [2.45, 2.75) is 31.2 Å². The van der Waals surface area contributed by atoms with Crippen LogP contribution in [0.4, 0.5) is 26.3 Å². The molecule has 0 aliphatic rings. The molecule has 2 aromatic carbocycles. The van der Waals surface area contributed by atoms with Gasteiger partial charge in [0.2, 0.25) is 0 Å². The molecular weight excluding hydrogens is 506 g/mol. The fourth-order valence-electron chi connectivity index (χ4n) is 3.65. The minimum absolute atomic E-state index is 0.103. The first kappa shape index (κ1) is 27.6. The van der Waals surface area contributed by atoms with Gasteiger partial charge in [-0.1, -0.05) is 6.07 Å². The molecule has 1 heterocycles. The highest BCUT2D eigenvalue weighted by Crippen LogP contribution is 2.31. The molecule has 0 aliphatic heterocycles. The predicted octanol–water partition coefficient (Wildman–Crippen LogP) is 3.77. The minimum Gasteiger partial charge on any atom is -0.487 e. The van der Waals surface area contributed by atoms with E-state index in [4.69, 9.17) is 10.5 Å². The zero-order valence-corrected chi connectivity index (χ0v) is 19.7. The van der Waals surface area contributed by atoms with Crippen LogP contribution in [0.5, 0.6) is 5.75 Å². The molecule has 2 N–H and O–H groups in total. The number of ether oxygens (including phenoxy) is 1. The molecule has 0 saturated carbocycles. The normalized spacial score (nSPS) is 13.8. The van der Waals surface area contributed by atoms with Crippen LogP contribution in [0, 0.1) is 11.6 Å². The van der Waals surface area contributed by atoms with Crippen molar-refractivity contribution in [3.63, 3.8) is 0 Å². The van der Waals surface area contributed by atoms with Crippen molar-refractivity contribution in [3.8, 4) is 11.4 Å². The van der Waals surface area contributed by atoms with Crippen molar-refractivity contribution in [2.75, 3.05) is 20.2 Å². The summed E-state index contributed by atoms with van der Waals surface area (Å²) < 4.78 is 85.9. The third kappa shape index (κ3) is 6.43. The van der Waals surface area contributed by atoms with Gasteiger partial charge < -0.3 is 10.5 Å². The molecule has 1 aromatic heterocycles. The van der Waals surface area contributed by atoms with E-state index in [0.717, 1.165) is 27.7 Å². The SMILES string of the molecule is CC(C(CN(C)/N=C\N)c1ccc(F)cc1F)n1ncn(-c2ccc(OCC(F)(F)C(F)F)cc2)c1=O. The van der Waals surface area contributed by atoms with Gasteiger partial charge >= 0.3 is 18.0 Å². The Bertz CT molecular complexity index is 1280. The average molecular weight is 530 g/mol. The van der Waals surface area contributed by atoms with E-state index < -0.39 is 48.2 Å². The van der Waals surface area contributed by atoms with Crippen molar-refractivity contribution in [1.29, 1.82) is 0 Å². The van der Waals surface area contributed by atoms with E-state index in [1.807, 2.05) is 0 Å². The van der Waals surface area contributed by atoms with Crippen molar-refractivity contribution in [2.24, 2.45) is 10.8 Å². The Hall–Kier alpha value is -3.97. The van der Waals surface area contributed by atoms with Crippen LogP contribution in [-0.4, -0.2) is 58.2 Å². The number of hydrogen-bond donors (Lipinski definition) is 1. The van der Waals surface area contributed by atoms with Gasteiger partial charge in [-0.25, -0.2) is 31.6 Å². The van der Waals surface area contributed by atoms with Crippen LogP contribution in [0.25, 0.3) is 5.69 Å². The van der Waals surface area contributed by atoms with Gasteiger partial charge in [0.25, 0.3) is 0 Å². The van der Waals surface area contributed by atoms with Gasteiger partial charge in [0, 0.05) is 25.6 Å². The summed E-state index contributed by atoms with van der Waals surface area (Å²) >= 11 is 0. The van der Waals surface area contributed by atoms with Gasteiger partial charge in [-0.15, -0.1) is 0 Å². The van der Waals surface area contributed by atoms with Crippen LogP contribution in [0.15, 0.2) is 58.7 Å².